The molecule has 0 amide bonds. The van der Waals surface area contributed by atoms with E-state index in [4.69, 9.17) is 4.74 Å². The second-order valence-electron chi connectivity index (χ2n) is 5.36. The SMILES string of the molecule is CCCCCCOC(=O)c1ccc(C(=O)OC(CBr)C(F)(F)F)cc1. The van der Waals surface area contributed by atoms with Crippen molar-refractivity contribution in [3.05, 3.63) is 35.4 Å². The summed E-state index contributed by atoms with van der Waals surface area (Å²) in [6.07, 6.45) is -2.98. The van der Waals surface area contributed by atoms with E-state index in [9.17, 15) is 22.8 Å². The number of unbranched alkanes of at least 4 members (excludes halogenated alkanes) is 3. The van der Waals surface area contributed by atoms with Crippen LogP contribution in [0.25, 0.3) is 0 Å². The fourth-order valence-electron chi connectivity index (χ4n) is 1.90. The second kappa shape index (κ2) is 10.4. The Morgan fingerprint density at radius 3 is 2.08 bits per heavy atom. The Bertz CT molecular complexity index is 558. The molecular formula is C17H20BrF3O4. The summed E-state index contributed by atoms with van der Waals surface area (Å²) in [4.78, 5) is 23.6. The normalized spacial score (nSPS) is 12.5. The minimum absolute atomic E-state index is 0.0744. The van der Waals surface area contributed by atoms with Gasteiger partial charge in [0.1, 0.15) is 0 Å². The third-order valence-electron chi connectivity index (χ3n) is 3.34. The minimum atomic E-state index is -4.65. The van der Waals surface area contributed by atoms with Crippen LogP contribution in [0, 0.1) is 0 Å². The molecule has 0 aliphatic carbocycles. The zero-order valence-electron chi connectivity index (χ0n) is 13.8. The van der Waals surface area contributed by atoms with Crippen LogP contribution in [0.15, 0.2) is 24.3 Å². The van der Waals surface area contributed by atoms with Gasteiger partial charge < -0.3 is 9.47 Å². The van der Waals surface area contributed by atoms with E-state index in [2.05, 4.69) is 27.6 Å². The molecule has 0 saturated carbocycles. The summed E-state index contributed by atoms with van der Waals surface area (Å²) in [6, 6.07) is 5.11. The van der Waals surface area contributed by atoms with Gasteiger partial charge in [0.15, 0.2) is 0 Å². The lowest BCUT2D eigenvalue weighted by Gasteiger charge is -2.18. The van der Waals surface area contributed by atoms with Gasteiger partial charge in [-0.3, -0.25) is 0 Å². The molecule has 25 heavy (non-hydrogen) atoms. The molecule has 0 N–H and O–H groups in total. The maximum Gasteiger partial charge on any atom is 0.426 e. The van der Waals surface area contributed by atoms with Crippen LogP contribution in [0.2, 0.25) is 0 Å². The summed E-state index contributed by atoms with van der Waals surface area (Å²) in [6.45, 7) is 2.38. The highest BCUT2D eigenvalue weighted by Crippen LogP contribution is 2.25. The van der Waals surface area contributed by atoms with E-state index in [1.807, 2.05) is 0 Å². The predicted molar refractivity (Wildman–Crippen MR) is 89.9 cm³/mol. The van der Waals surface area contributed by atoms with Crippen molar-refractivity contribution in [2.75, 3.05) is 11.9 Å². The first-order valence-corrected chi connectivity index (χ1v) is 9.02. The summed E-state index contributed by atoms with van der Waals surface area (Å²) < 4.78 is 47.3. The topological polar surface area (TPSA) is 52.6 Å². The maximum absolute atomic E-state index is 12.6. The van der Waals surface area contributed by atoms with Gasteiger partial charge in [-0.2, -0.15) is 13.2 Å². The summed E-state index contributed by atoms with van der Waals surface area (Å²) >= 11 is 2.66. The monoisotopic (exact) mass is 424 g/mol. The Kier molecular flexibility index (Phi) is 8.96. The predicted octanol–water partition coefficient (Wildman–Crippen LogP) is 4.91. The lowest BCUT2D eigenvalue weighted by Crippen LogP contribution is -2.35. The average Bonchev–Trinajstić information content (AvgIpc) is 2.58. The summed E-state index contributed by atoms with van der Waals surface area (Å²) in [7, 11) is 0. The molecule has 0 spiro atoms. The number of halogens is 4. The zero-order chi connectivity index (χ0) is 18.9. The molecule has 8 heteroatoms. The van der Waals surface area contributed by atoms with Crippen molar-refractivity contribution in [3.8, 4) is 0 Å². The number of rotatable bonds is 9. The highest BCUT2D eigenvalue weighted by molar-refractivity contribution is 9.09. The van der Waals surface area contributed by atoms with Crippen LogP contribution in [0.1, 0.15) is 53.3 Å². The molecule has 0 heterocycles. The van der Waals surface area contributed by atoms with Crippen molar-refractivity contribution in [2.24, 2.45) is 0 Å². The van der Waals surface area contributed by atoms with E-state index in [0.29, 0.717) is 6.61 Å². The van der Waals surface area contributed by atoms with Crippen LogP contribution in [-0.2, 0) is 9.47 Å². The van der Waals surface area contributed by atoms with Crippen LogP contribution in [0.5, 0.6) is 0 Å². The molecule has 1 unspecified atom stereocenters. The first kappa shape index (κ1) is 21.5. The first-order valence-electron chi connectivity index (χ1n) is 7.90. The molecule has 4 nitrogen and oxygen atoms in total. The molecule has 0 saturated heterocycles. The van der Waals surface area contributed by atoms with Crippen LogP contribution in [0.4, 0.5) is 13.2 Å². The maximum atomic E-state index is 12.6. The van der Waals surface area contributed by atoms with Crippen molar-refractivity contribution in [1.29, 1.82) is 0 Å². The molecule has 1 atom stereocenters. The van der Waals surface area contributed by atoms with Crippen LogP contribution >= 0.6 is 15.9 Å². The quantitative estimate of drug-likeness (QED) is 0.321. The van der Waals surface area contributed by atoms with E-state index in [1.54, 1.807) is 0 Å². The number of hydrogen-bond acceptors (Lipinski definition) is 4. The molecule has 0 aromatic heterocycles. The fraction of sp³-hybridized carbons (Fsp3) is 0.529. The molecule has 1 aromatic carbocycles. The van der Waals surface area contributed by atoms with Gasteiger partial charge in [0.2, 0.25) is 6.10 Å². The summed E-state index contributed by atoms with van der Waals surface area (Å²) in [5, 5.41) is -0.551. The van der Waals surface area contributed by atoms with Gasteiger partial charge in [-0.1, -0.05) is 42.1 Å². The molecule has 0 fully saturated rings. The van der Waals surface area contributed by atoms with Gasteiger partial charge in [-0.15, -0.1) is 0 Å². The number of carbonyl (C=O) groups excluding carboxylic acids is 2. The second-order valence-corrected chi connectivity index (χ2v) is 6.01. The highest BCUT2D eigenvalue weighted by Gasteiger charge is 2.42. The van der Waals surface area contributed by atoms with Crippen molar-refractivity contribution in [1.82, 2.24) is 0 Å². The molecule has 0 aliphatic rings. The first-order chi connectivity index (χ1) is 11.8. The molecule has 1 rings (SSSR count). The van der Waals surface area contributed by atoms with Crippen LogP contribution in [-0.4, -0.2) is 36.2 Å². The van der Waals surface area contributed by atoms with Gasteiger partial charge in [0.05, 0.1) is 17.7 Å². The lowest BCUT2D eigenvalue weighted by molar-refractivity contribution is -0.196. The number of ether oxygens (including phenoxy) is 2. The number of hydrogen-bond donors (Lipinski definition) is 0. The van der Waals surface area contributed by atoms with E-state index in [1.165, 1.54) is 24.3 Å². The smallest absolute Gasteiger partial charge is 0.426 e. The largest absolute Gasteiger partial charge is 0.462 e. The van der Waals surface area contributed by atoms with Gasteiger partial charge >= 0.3 is 18.1 Å². The van der Waals surface area contributed by atoms with Crippen molar-refractivity contribution >= 4 is 27.9 Å². The molecule has 0 bridgehead atoms. The Hall–Kier alpha value is -1.57. The lowest BCUT2D eigenvalue weighted by atomic mass is 10.1. The average molecular weight is 425 g/mol. The third kappa shape index (κ3) is 7.46. The minimum Gasteiger partial charge on any atom is -0.462 e. The Labute approximate surface area is 152 Å². The molecule has 0 radical (unpaired) electrons. The zero-order valence-corrected chi connectivity index (χ0v) is 15.4. The third-order valence-corrected chi connectivity index (χ3v) is 3.93. The van der Waals surface area contributed by atoms with Gasteiger partial charge in [0, 0.05) is 5.33 Å². The van der Waals surface area contributed by atoms with E-state index >= 15 is 0 Å². The number of benzene rings is 1. The summed E-state index contributed by atoms with van der Waals surface area (Å²) in [5.74, 6) is -1.65. The van der Waals surface area contributed by atoms with Crippen molar-refractivity contribution in [3.63, 3.8) is 0 Å². The Morgan fingerprint density at radius 1 is 1.04 bits per heavy atom. The molecular weight excluding hydrogens is 405 g/mol. The molecule has 0 aliphatic heterocycles. The van der Waals surface area contributed by atoms with Crippen LogP contribution < -0.4 is 0 Å². The number of esters is 2. The highest BCUT2D eigenvalue weighted by atomic mass is 79.9. The Balaban J connectivity index is 2.57. The fourth-order valence-corrected chi connectivity index (χ4v) is 2.40. The van der Waals surface area contributed by atoms with E-state index in [0.717, 1.165) is 25.7 Å². The van der Waals surface area contributed by atoms with Crippen LogP contribution in [0.3, 0.4) is 0 Å². The van der Waals surface area contributed by atoms with Gasteiger partial charge in [-0.25, -0.2) is 9.59 Å². The molecule has 1 aromatic rings. The van der Waals surface area contributed by atoms with E-state index in [-0.39, 0.29) is 11.1 Å². The van der Waals surface area contributed by atoms with Crippen molar-refractivity contribution in [2.45, 2.75) is 44.9 Å². The van der Waals surface area contributed by atoms with E-state index < -0.39 is 29.5 Å². The van der Waals surface area contributed by atoms with Gasteiger partial charge in [-0.05, 0) is 30.7 Å². The van der Waals surface area contributed by atoms with Gasteiger partial charge in [0.25, 0.3) is 0 Å². The standard InChI is InChI=1S/C17H20BrF3O4/c1-2-3-4-5-10-24-15(22)12-6-8-13(9-7-12)16(23)25-14(11-18)17(19,20)21/h6-9,14H,2-5,10-11H2,1H3. The number of carbonyl (C=O) groups is 2. The number of alkyl halides is 4. The summed E-state index contributed by atoms with van der Waals surface area (Å²) in [5.41, 5.74) is 0.148. The van der Waals surface area contributed by atoms with Crippen molar-refractivity contribution < 1.29 is 32.2 Å². The Morgan fingerprint density at radius 2 is 1.60 bits per heavy atom. The molecule has 140 valence electrons.